The highest BCUT2D eigenvalue weighted by Crippen LogP contribution is 2.26. The lowest BCUT2D eigenvalue weighted by Gasteiger charge is -2.23. The van der Waals surface area contributed by atoms with Crippen molar-refractivity contribution >= 4 is 35.4 Å². The van der Waals surface area contributed by atoms with Gasteiger partial charge >= 0.3 is 5.97 Å². The average Bonchev–Trinajstić information content (AvgIpc) is 2.98. The zero-order chi connectivity index (χ0) is 20.1. The smallest absolute Gasteiger partial charge is 0.357 e. The molecule has 1 aromatic heterocycles. The second-order valence-electron chi connectivity index (χ2n) is 5.95. The number of imide groups is 1. The average molecular weight is 398 g/mol. The molecular weight excluding hydrogens is 380 g/mol. The molecule has 0 aliphatic carbocycles. The zero-order valence-corrected chi connectivity index (χ0v) is 15.9. The van der Waals surface area contributed by atoms with E-state index in [0.717, 1.165) is 4.90 Å². The molecule has 0 saturated carbocycles. The summed E-state index contributed by atoms with van der Waals surface area (Å²) >= 11 is 1.49. The van der Waals surface area contributed by atoms with Crippen LogP contribution in [0.4, 0.5) is 0 Å². The van der Waals surface area contributed by atoms with Gasteiger partial charge < -0.3 is 10.6 Å². The lowest BCUT2D eigenvalue weighted by molar-refractivity contribution is -0.148. The first kappa shape index (κ1) is 19.6. The summed E-state index contributed by atoms with van der Waals surface area (Å²) < 4.78 is 0. The van der Waals surface area contributed by atoms with Gasteiger partial charge in [-0.3, -0.25) is 19.5 Å². The molecule has 0 spiro atoms. The largest absolute Gasteiger partial charge is 0.380 e. The van der Waals surface area contributed by atoms with Gasteiger partial charge in [0.25, 0.3) is 11.8 Å². The van der Waals surface area contributed by atoms with Crippen LogP contribution in [0.5, 0.6) is 0 Å². The lowest BCUT2D eigenvalue weighted by atomic mass is 10.1. The normalized spacial score (nSPS) is 14.8. The van der Waals surface area contributed by atoms with Gasteiger partial charge in [-0.2, -0.15) is 11.8 Å². The van der Waals surface area contributed by atoms with Crippen LogP contribution in [0.3, 0.4) is 0 Å². The fourth-order valence-corrected chi connectivity index (χ4v) is 3.25. The Balaban J connectivity index is 1.82. The molecule has 144 valence electrons. The third-order valence-corrected chi connectivity index (χ3v) is 4.84. The first-order chi connectivity index (χ1) is 13.5. The predicted octanol–water partition coefficient (Wildman–Crippen LogP) is 1.66. The van der Waals surface area contributed by atoms with Crippen LogP contribution >= 0.6 is 11.8 Å². The Morgan fingerprint density at radius 2 is 1.89 bits per heavy atom. The number of oxime groups is 1. The molecule has 0 bridgehead atoms. The Labute approximate surface area is 165 Å². The summed E-state index contributed by atoms with van der Waals surface area (Å²) in [5.74, 6) is -1.35. The highest BCUT2D eigenvalue weighted by atomic mass is 32.2. The molecule has 0 unspecified atom stereocenters. The molecule has 2 amide bonds. The summed E-state index contributed by atoms with van der Waals surface area (Å²) in [6.07, 6.45) is 5.16. The Kier molecular flexibility index (Phi) is 6.05. The molecule has 8 nitrogen and oxygen atoms in total. The van der Waals surface area contributed by atoms with E-state index in [0.29, 0.717) is 11.3 Å². The maximum atomic E-state index is 12.7. The summed E-state index contributed by atoms with van der Waals surface area (Å²) in [5.41, 5.74) is 6.83. The molecule has 2 heterocycles. The molecule has 0 fully saturated rings. The number of thioether (sulfide) groups is 1. The van der Waals surface area contributed by atoms with E-state index in [-0.39, 0.29) is 23.4 Å². The first-order valence-corrected chi connectivity index (χ1v) is 9.84. The number of hydrogen-bond acceptors (Lipinski definition) is 7. The number of pyridine rings is 1. The number of amides is 2. The van der Waals surface area contributed by atoms with E-state index in [1.165, 1.54) is 18.0 Å². The number of benzene rings is 1. The van der Waals surface area contributed by atoms with Crippen molar-refractivity contribution in [1.29, 1.82) is 0 Å². The lowest BCUT2D eigenvalue weighted by Crippen LogP contribution is -2.45. The maximum absolute atomic E-state index is 12.7. The van der Waals surface area contributed by atoms with Crippen molar-refractivity contribution in [3.63, 3.8) is 0 Å². The highest BCUT2D eigenvalue weighted by molar-refractivity contribution is 7.98. The standard InChI is InChI=1S/C19H18N4O4S/c1-28-10-8-15(19(26)27-22-16(20)12-5-4-9-21-11-12)23-17(24)13-6-2-3-7-14(13)18(23)25/h2-7,9,11,15H,8,10H2,1H3,(H2,20,22)/t15-/m0/s1. The quantitative estimate of drug-likeness (QED) is 0.248. The van der Waals surface area contributed by atoms with E-state index in [1.807, 2.05) is 6.26 Å². The molecule has 2 aromatic rings. The molecule has 3 rings (SSSR count). The van der Waals surface area contributed by atoms with E-state index in [1.54, 1.807) is 42.6 Å². The number of carbonyl (C=O) groups is 3. The number of fused-ring (bicyclic) bond motifs is 1. The van der Waals surface area contributed by atoms with E-state index in [9.17, 15) is 14.4 Å². The molecule has 28 heavy (non-hydrogen) atoms. The number of aromatic nitrogens is 1. The van der Waals surface area contributed by atoms with Crippen molar-refractivity contribution in [1.82, 2.24) is 9.88 Å². The maximum Gasteiger partial charge on any atom is 0.357 e. The highest BCUT2D eigenvalue weighted by Gasteiger charge is 2.43. The summed E-state index contributed by atoms with van der Waals surface area (Å²) in [6.45, 7) is 0. The third-order valence-electron chi connectivity index (χ3n) is 4.20. The van der Waals surface area contributed by atoms with Crippen molar-refractivity contribution in [3.8, 4) is 0 Å². The summed E-state index contributed by atoms with van der Waals surface area (Å²) in [7, 11) is 0. The summed E-state index contributed by atoms with van der Waals surface area (Å²) in [4.78, 5) is 47.9. The molecule has 9 heteroatoms. The molecule has 0 saturated heterocycles. The van der Waals surface area contributed by atoms with Crippen LogP contribution in [0.1, 0.15) is 32.7 Å². The second kappa shape index (κ2) is 8.66. The molecule has 1 aromatic carbocycles. The number of amidine groups is 1. The Morgan fingerprint density at radius 3 is 2.46 bits per heavy atom. The molecule has 1 aliphatic heterocycles. The van der Waals surface area contributed by atoms with Gasteiger partial charge in [-0.05, 0) is 42.7 Å². The van der Waals surface area contributed by atoms with E-state index < -0.39 is 23.8 Å². The summed E-state index contributed by atoms with van der Waals surface area (Å²) in [6, 6.07) is 8.69. The fraction of sp³-hybridized carbons (Fsp3) is 0.211. The van der Waals surface area contributed by atoms with Gasteiger partial charge in [0, 0.05) is 18.0 Å². The van der Waals surface area contributed by atoms with Gasteiger partial charge in [0.15, 0.2) is 5.84 Å². The SMILES string of the molecule is CSCC[C@@H](C(=O)O/N=C(/N)c1cccnc1)N1C(=O)c2ccccc2C1=O. The Bertz CT molecular complexity index is 898. The van der Waals surface area contributed by atoms with Crippen LogP contribution in [-0.4, -0.2) is 51.6 Å². The van der Waals surface area contributed by atoms with E-state index >= 15 is 0 Å². The molecule has 1 atom stereocenters. The van der Waals surface area contributed by atoms with Gasteiger partial charge in [0.05, 0.1) is 11.1 Å². The van der Waals surface area contributed by atoms with Crippen molar-refractivity contribution in [2.75, 3.05) is 12.0 Å². The van der Waals surface area contributed by atoms with Crippen LogP contribution in [0.25, 0.3) is 0 Å². The number of rotatable bonds is 7. The number of carbonyl (C=O) groups excluding carboxylic acids is 3. The number of hydrogen-bond donors (Lipinski definition) is 1. The van der Waals surface area contributed by atoms with Gasteiger partial charge in [0.2, 0.25) is 0 Å². The van der Waals surface area contributed by atoms with Crippen molar-refractivity contribution in [2.24, 2.45) is 10.9 Å². The molecule has 0 radical (unpaired) electrons. The van der Waals surface area contributed by atoms with Crippen LogP contribution in [0.2, 0.25) is 0 Å². The minimum Gasteiger partial charge on any atom is -0.380 e. The van der Waals surface area contributed by atoms with E-state index in [2.05, 4.69) is 10.1 Å². The predicted molar refractivity (Wildman–Crippen MR) is 105 cm³/mol. The fourth-order valence-electron chi connectivity index (χ4n) is 2.79. The van der Waals surface area contributed by atoms with Gasteiger partial charge in [-0.15, -0.1) is 0 Å². The minimum atomic E-state index is -1.09. The van der Waals surface area contributed by atoms with E-state index in [4.69, 9.17) is 10.6 Å². The Morgan fingerprint density at radius 1 is 1.21 bits per heavy atom. The van der Waals surface area contributed by atoms with Crippen LogP contribution in [0.15, 0.2) is 53.9 Å². The van der Waals surface area contributed by atoms with Gasteiger partial charge in [0.1, 0.15) is 6.04 Å². The Hall–Kier alpha value is -3.20. The monoisotopic (exact) mass is 398 g/mol. The minimum absolute atomic E-state index is 0.0348. The second-order valence-corrected chi connectivity index (χ2v) is 6.94. The van der Waals surface area contributed by atoms with Crippen LogP contribution in [0, 0.1) is 0 Å². The van der Waals surface area contributed by atoms with Gasteiger partial charge in [-0.25, -0.2) is 4.79 Å². The van der Waals surface area contributed by atoms with Crippen molar-refractivity contribution in [3.05, 3.63) is 65.5 Å². The third kappa shape index (κ3) is 3.89. The van der Waals surface area contributed by atoms with Crippen molar-refractivity contribution < 1.29 is 19.2 Å². The number of nitrogens with zero attached hydrogens (tertiary/aromatic N) is 3. The molecule has 1 aliphatic rings. The summed E-state index contributed by atoms with van der Waals surface area (Å²) in [5, 5.41) is 3.64. The van der Waals surface area contributed by atoms with Crippen molar-refractivity contribution in [2.45, 2.75) is 12.5 Å². The van der Waals surface area contributed by atoms with Crippen LogP contribution < -0.4 is 5.73 Å². The molecular formula is C19H18N4O4S. The number of nitrogens with two attached hydrogens (primary N) is 1. The van der Waals surface area contributed by atoms with Gasteiger partial charge in [-0.1, -0.05) is 17.3 Å². The molecule has 2 N–H and O–H groups in total. The topological polar surface area (TPSA) is 115 Å². The van der Waals surface area contributed by atoms with Crippen LogP contribution in [-0.2, 0) is 9.63 Å². The first-order valence-electron chi connectivity index (χ1n) is 8.45. The zero-order valence-electron chi connectivity index (χ0n) is 15.1.